The molecular formula is C15H18N2O2. The molecule has 0 aliphatic carbocycles. The highest BCUT2D eigenvalue weighted by molar-refractivity contribution is 5.69. The Balaban J connectivity index is 2.45. The van der Waals surface area contributed by atoms with Crippen molar-refractivity contribution in [2.75, 3.05) is 0 Å². The van der Waals surface area contributed by atoms with Gasteiger partial charge in [-0.1, -0.05) is 31.5 Å². The predicted octanol–water partition coefficient (Wildman–Crippen LogP) is 2.93. The van der Waals surface area contributed by atoms with Gasteiger partial charge < -0.3 is 5.11 Å². The van der Waals surface area contributed by atoms with Crippen LogP contribution in [-0.2, 0) is 11.2 Å². The molecule has 4 heteroatoms. The smallest absolute Gasteiger partial charge is 0.309 e. The van der Waals surface area contributed by atoms with Crippen LogP contribution in [0.4, 0.5) is 0 Å². The molecule has 0 aliphatic rings. The molecule has 1 heterocycles. The number of carbonyl (C=O) groups is 1. The van der Waals surface area contributed by atoms with Crippen molar-refractivity contribution in [3.05, 3.63) is 47.3 Å². The Bertz CT molecular complexity index is 583. The van der Waals surface area contributed by atoms with E-state index in [1.807, 2.05) is 41.9 Å². The van der Waals surface area contributed by atoms with E-state index in [1.165, 1.54) is 5.56 Å². The molecule has 1 aromatic heterocycles. The molecule has 0 saturated heterocycles. The van der Waals surface area contributed by atoms with Crippen molar-refractivity contribution in [2.24, 2.45) is 0 Å². The first-order chi connectivity index (χ1) is 8.97. The average Bonchev–Trinajstić information content (AvgIpc) is 2.73. The first-order valence-corrected chi connectivity index (χ1v) is 6.35. The highest BCUT2D eigenvalue weighted by Crippen LogP contribution is 2.21. The first kappa shape index (κ1) is 13.3. The summed E-state index contributed by atoms with van der Waals surface area (Å²) in [6.45, 7) is 6.19. The number of nitrogens with zero attached hydrogens (tertiary/aromatic N) is 2. The molecule has 0 aliphatic heterocycles. The number of carboxylic acids is 1. The standard InChI is InChI=1S/C15H18N2O2/c1-10(2)14-8-12(9-15(18)19)16-17(14)13-6-4-11(3)5-7-13/h4-8,10H,9H2,1-3H3,(H,18,19). The van der Waals surface area contributed by atoms with Crippen molar-refractivity contribution in [1.82, 2.24) is 9.78 Å². The molecule has 0 amide bonds. The minimum atomic E-state index is -0.858. The summed E-state index contributed by atoms with van der Waals surface area (Å²) in [7, 11) is 0. The topological polar surface area (TPSA) is 55.1 Å². The zero-order chi connectivity index (χ0) is 14.0. The summed E-state index contributed by atoms with van der Waals surface area (Å²) in [6, 6.07) is 9.92. The van der Waals surface area contributed by atoms with Crippen molar-refractivity contribution in [3.63, 3.8) is 0 Å². The fraction of sp³-hybridized carbons (Fsp3) is 0.333. The second-order valence-corrected chi connectivity index (χ2v) is 5.03. The van der Waals surface area contributed by atoms with Gasteiger partial charge in [0.1, 0.15) is 0 Å². The van der Waals surface area contributed by atoms with Crippen LogP contribution in [0.5, 0.6) is 0 Å². The molecule has 0 fully saturated rings. The molecule has 0 radical (unpaired) electrons. The number of hydrogen-bond donors (Lipinski definition) is 1. The molecule has 0 atom stereocenters. The van der Waals surface area contributed by atoms with Crippen molar-refractivity contribution in [1.29, 1.82) is 0 Å². The van der Waals surface area contributed by atoms with Crippen LogP contribution in [0.2, 0.25) is 0 Å². The third-order valence-electron chi connectivity index (χ3n) is 2.99. The third-order valence-corrected chi connectivity index (χ3v) is 2.99. The second kappa shape index (κ2) is 5.26. The van der Waals surface area contributed by atoms with Crippen LogP contribution in [0.15, 0.2) is 30.3 Å². The highest BCUT2D eigenvalue weighted by Gasteiger charge is 2.14. The lowest BCUT2D eigenvalue weighted by atomic mass is 10.1. The Hall–Kier alpha value is -2.10. The van der Waals surface area contributed by atoms with Gasteiger partial charge in [0.2, 0.25) is 0 Å². The molecule has 4 nitrogen and oxygen atoms in total. The van der Waals surface area contributed by atoms with Gasteiger partial charge in [0.25, 0.3) is 0 Å². The summed E-state index contributed by atoms with van der Waals surface area (Å²) < 4.78 is 1.84. The molecule has 0 bridgehead atoms. The number of benzene rings is 1. The van der Waals surface area contributed by atoms with Crippen LogP contribution in [0, 0.1) is 6.92 Å². The molecule has 1 aromatic carbocycles. The molecular weight excluding hydrogens is 240 g/mol. The van der Waals surface area contributed by atoms with Gasteiger partial charge in [0.05, 0.1) is 17.8 Å². The van der Waals surface area contributed by atoms with E-state index in [4.69, 9.17) is 5.11 Å². The molecule has 19 heavy (non-hydrogen) atoms. The van der Waals surface area contributed by atoms with E-state index in [0.29, 0.717) is 5.69 Å². The minimum absolute atomic E-state index is 0.0431. The highest BCUT2D eigenvalue weighted by atomic mass is 16.4. The van der Waals surface area contributed by atoms with Crippen LogP contribution in [0.1, 0.15) is 36.7 Å². The number of hydrogen-bond acceptors (Lipinski definition) is 2. The van der Waals surface area contributed by atoms with E-state index in [2.05, 4.69) is 18.9 Å². The maximum atomic E-state index is 10.8. The third kappa shape index (κ3) is 3.02. The maximum absolute atomic E-state index is 10.8. The van der Waals surface area contributed by atoms with Gasteiger partial charge in [0.15, 0.2) is 0 Å². The summed E-state index contributed by atoms with van der Waals surface area (Å²) in [5.74, 6) is -0.569. The maximum Gasteiger partial charge on any atom is 0.309 e. The van der Waals surface area contributed by atoms with Crippen LogP contribution < -0.4 is 0 Å². The summed E-state index contributed by atoms with van der Waals surface area (Å²) in [4.78, 5) is 10.8. The number of carboxylic acid groups (broad SMARTS) is 1. The molecule has 0 saturated carbocycles. The van der Waals surface area contributed by atoms with Gasteiger partial charge in [-0.25, -0.2) is 4.68 Å². The van der Waals surface area contributed by atoms with Gasteiger partial charge in [0, 0.05) is 5.69 Å². The normalized spacial score (nSPS) is 10.9. The van der Waals surface area contributed by atoms with E-state index in [-0.39, 0.29) is 12.3 Å². The minimum Gasteiger partial charge on any atom is -0.481 e. The van der Waals surface area contributed by atoms with Crippen molar-refractivity contribution >= 4 is 5.97 Å². The van der Waals surface area contributed by atoms with Crippen LogP contribution in [0.25, 0.3) is 5.69 Å². The van der Waals surface area contributed by atoms with Gasteiger partial charge in [-0.3, -0.25) is 4.79 Å². The van der Waals surface area contributed by atoms with Crippen LogP contribution in [-0.4, -0.2) is 20.9 Å². The van der Waals surface area contributed by atoms with Gasteiger partial charge in [-0.15, -0.1) is 0 Å². The van der Waals surface area contributed by atoms with E-state index in [0.717, 1.165) is 11.4 Å². The Morgan fingerprint density at radius 2 is 1.95 bits per heavy atom. The average molecular weight is 258 g/mol. The largest absolute Gasteiger partial charge is 0.481 e. The van der Waals surface area contributed by atoms with E-state index < -0.39 is 5.97 Å². The van der Waals surface area contributed by atoms with Crippen LogP contribution >= 0.6 is 0 Å². The molecule has 1 N–H and O–H groups in total. The van der Waals surface area contributed by atoms with Crippen molar-refractivity contribution in [2.45, 2.75) is 33.1 Å². The lowest BCUT2D eigenvalue weighted by Crippen LogP contribution is -2.05. The SMILES string of the molecule is Cc1ccc(-n2nc(CC(=O)O)cc2C(C)C)cc1. The monoisotopic (exact) mass is 258 g/mol. The van der Waals surface area contributed by atoms with E-state index >= 15 is 0 Å². The molecule has 100 valence electrons. The molecule has 2 aromatic rings. The number of aliphatic carboxylic acids is 1. The van der Waals surface area contributed by atoms with Gasteiger partial charge in [-0.05, 0) is 31.0 Å². The van der Waals surface area contributed by atoms with Gasteiger partial charge >= 0.3 is 5.97 Å². The Labute approximate surface area is 112 Å². The summed E-state index contributed by atoms with van der Waals surface area (Å²) >= 11 is 0. The Kier molecular flexibility index (Phi) is 3.69. The fourth-order valence-corrected chi connectivity index (χ4v) is 1.99. The fourth-order valence-electron chi connectivity index (χ4n) is 1.99. The lowest BCUT2D eigenvalue weighted by molar-refractivity contribution is -0.136. The van der Waals surface area contributed by atoms with Crippen molar-refractivity contribution < 1.29 is 9.90 Å². The molecule has 0 spiro atoms. The summed E-state index contributed by atoms with van der Waals surface area (Å²) in [6.07, 6.45) is -0.0431. The molecule has 2 rings (SSSR count). The zero-order valence-corrected chi connectivity index (χ0v) is 11.4. The number of aromatic nitrogens is 2. The Morgan fingerprint density at radius 3 is 2.47 bits per heavy atom. The summed E-state index contributed by atoms with van der Waals surface area (Å²) in [5.41, 5.74) is 3.77. The lowest BCUT2D eigenvalue weighted by Gasteiger charge is -2.10. The van der Waals surface area contributed by atoms with Gasteiger partial charge in [-0.2, -0.15) is 5.10 Å². The number of aryl methyl sites for hydroxylation is 1. The summed E-state index contributed by atoms with van der Waals surface area (Å²) in [5, 5.41) is 13.3. The van der Waals surface area contributed by atoms with E-state index in [9.17, 15) is 4.79 Å². The number of rotatable bonds is 4. The Morgan fingerprint density at radius 1 is 1.32 bits per heavy atom. The molecule has 0 unspecified atom stereocenters. The van der Waals surface area contributed by atoms with Crippen LogP contribution in [0.3, 0.4) is 0 Å². The quantitative estimate of drug-likeness (QED) is 0.917. The second-order valence-electron chi connectivity index (χ2n) is 5.03. The first-order valence-electron chi connectivity index (χ1n) is 6.35. The van der Waals surface area contributed by atoms with Crippen molar-refractivity contribution in [3.8, 4) is 5.69 Å². The van der Waals surface area contributed by atoms with E-state index in [1.54, 1.807) is 0 Å². The predicted molar refractivity (Wildman–Crippen MR) is 73.7 cm³/mol. The zero-order valence-electron chi connectivity index (χ0n) is 11.4.